The van der Waals surface area contributed by atoms with Crippen LogP contribution in [0.3, 0.4) is 0 Å². The quantitative estimate of drug-likeness (QED) is 0.370. The Morgan fingerprint density at radius 3 is 2.52 bits per heavy atom. The van der Waals surface area contributed by atoms with Gasteiger partial charge in [0.1, 0.15) is 29.9 Å². The van der Waals surface area contributed by atoms with E-state index in [-0.39, 0.29) is 11.9 Å². The Balaban J connectivity index is 2.09. The van der Waals surface area contributed by atoms with E-state index in [0.717, 1.165) is 25.8 Å². The van der Waals surface area contributed by atoms with Gasteiger partial charge < -0.3 is 30.5 Å². The molecule has 0 unspecified atom stereocenters. The summed E-state index contributed by atoms with van der Waals surface area (Å²) in [6.45, 7) is 4.48. The summed E-state index contributed by atoms with van der Waals surface area (Å²) >= 11 is 1.20. The Bertz CT molecular complexity index is 494. The van der Waals surface area contributed by atoms with E-state index in [9.17, 15) is 25.2 Å². The molecule has 2 saturated heterocycles. The highest BCUT2D eigenvalue weighted by Gasteiger charge is 2.48. The van der Waals surface area contributed by atoms with E-state index in [1.807, 2.05) is 11.9 Å². The fourth-order valence-corrected chi connectivity index (χ4v) is 4.81. The number of ether oxygens (including phenoxy) is 1. The average molecular weight is 407 g/mol. The molecular weight excluding hydrogens is 372 g/mol. The van der Waals surface area contributed by atoms with E-state index in [1.54, 1.807) is 6.26 Å². The Morgan fingerprint density at radius 2 is 1.96 bits per heavy atom. The van der Waals surface area contributed by atoms with Gasteiger partial charge in [0.15, 0.2) is 0 Å². The minimum Gasteiger partial charge on any atom is -0.391 e. The number of carbonyl (C=O) groups is 1. The zero-order chi connectivity index (χ0) is 20.3. The van der Waals surface area contributed by atoms with Gasteiger partial charge in [-0.2, -0.15) is 0 Å². The minimum atomic E-state index is -1.42. The minimum absolute atomic E-state index is 0.223. The van der Waals surface area contributed by atoms with Crippen LogP contribution in [0.15, 0.2) is 0 Å². The van der Waals surface area contributed by atoms with Gasteiger partial charge >= 0.3 is 0 Å². The molecule has 5 N–H and O–H groups in total. The Morgan fingerprint density at radius 1 is 1.30 bits per heavy atom. The molecule has 2 fully saturated rings. The molecule has 0 saturated carbocycles. The molecule has 158 valence electrons. The molecule has 0 aromatic rings. The molecular formula is C18H34N2O6S. The summed E-state index contributed by atoms with van der Waals surface area (Å²) in [4.78, 5) is 14.9. The molecule has 0 aromatic carbocycles. The Kier molecular flexibility index (Phi) is 8.35. The SMILES string of the molecule is CCC[C@@H]1C[C@H](C(=O)N[C@H]([C@@H]2O[C@@H](SC)[C@@H](O)[C@@H](O)[C@@H]2O)[C@@H](C)O)N(C)C1. The maximum atomic E-state index is 12.8. The first-order chi connectivity index (χ1) is 12.7. The number of nitrogens with zero attached hydrogens (tertiary/aromatic N) is 1. The standard InChI is InChI=1S/C18H34N2O6S/c1-5-6-10-7-11(20(3)8-10)17(25)19-12(9(2)21)16-14(23)13(22)15(24)18(26-16)27-4/h9-16,18,21-24H,5-8H2,1-4H3,(H,19,25)/t9-,10-,11-,12+,13+,14+,15+,16+,18+/m1/s1. The van der Waals surface area contributed by atoms with Crippen molar-refractivity contribution >= 4 is 17.7 Å². The summed E-state index contributed by atoms with van der Waals surface area (Å²) in [6, 6.07) is -1.20. The van der Waals surface area contributed by atoms with Crippen molar-refractivity contribution in [3.63, 3.8) is 0 Å². The third-order valence-electron chi connectivity index (χ3n) is 5.66. The highest BCUT2D eigenvalue weighted by atomic mass is 32.2. The van der Waals surface area contributed by atoms with Crippen molar-refractivity contribution in [2.45, 2.75) is 81.1 Å². The zero-order valence-corrected chi connectivity index (χ0v) is 17.3. The van der Waals surface area contributed by atoms with E-state index >= 15 is 0 Å². The second-order valence-corrected chi connectivity index (χ2v) is 8.73. The topological polar surface area (TPSA) is 122 Å². The van der Waals surface area contributed by atoms with Crippen LogP contribution >= 0.6 is 11.8 Å². The Hall–Kier alpha value is -0.420. The number of nitrogens with one attached hydrogen (secondary N) is 1. The van der Waals surface area contributed by atoms with Gasteiger partial charge in [-0.05, 0) is 39.0 Å². The second kappa shape index (κ2) is 9.87. The summed E-state index contributed by atoms with van der Waals surface area (Å²) in [5.74, 6) is 0.245. The van der Waals surface area contributed by atoms with E-state index in [2.05, 4.69) is 12.2 Å². The highest BCUT2D eigenvalue weighted by molar-refractivity contribution is 7.99. The number of aliphatic hydroxyl groups is 4. The zero-order valence-electron chi connectivity index (χ0n) is 16.5. The first kappa shape index (κ1) is 22.9. The summed E-state index contributed by atoms with van der Waals surface area (Å²) in [5.41, 5.74) is -0.755. The third-order valence-corrected chi connectivity index (χ3v) is 6.51. The summed E-state index contributed by atoms with van der Waals surface area (Å²) in [5, 5.41) is 43.5. The van der Waals surface area contributed by atoms with Crippen molar-refractivity contribution in [1.29, 1.82) is 0 Å². The van der Waals surface area contributed by atoms with E-state index in [4.69, 9.17) is 4.74 Å². The lowest BCUT2D eigenvalue weighted by Gasteiger charge is -2.44. The Labute approximate surface area is 165 Å². The third kappa shape index (κ3) is 5.14. The van der Waals surface area contributed by atoms with Crippen molar-refractivity contribution < 1.29 is 30.0 Å². The lowest BCUT2D eigenvalue weighted by molar-refractivity contribution is -0.211. The predicted octanol–water partition coefficient (Wildman–Crippen LogP) is -0.857. The van der Waals surface area contributed by atoms with Crippen LogP contribution in [-0.2, 0) is 9.53 Å². The maximum Gasteiger partial charge on any atom is 0.237 e. The van der Waals surface area contributed by atoms with Crippen LogP contribution in [0.25, 0.3) is 0 Å². The fourth-order valence-electron chi connectivity index (χ4n) is 4.13. The lowest BCUT2D eigenvalue weighted by atomic mass is 9.92. The summed E-state index contributed by atoms with van der Waals surface area (Å²) in [7, 11) is 1.91. The largest absolute Gasteiger partial charge is 0.391 e. The molecule has 9 heteroatoms. The van der Waals surface area contributed by atoms with Crippen molar-refractivity contribution in [2.24, 2.45) is 5.92 Å². The lowest BCUT2D eigenvalue weighted by Crippen LogP contribution is -2.65. The monoisotopic (exact) mass is 406 g/mol. The number of carbonyl (C=O) groups excluding carboxylic acids is 1. The molecule has 2 aliphatic rings. The van der Waals surface area contributed by atoms with Gasteiger partial charge in [-0.3, -0.25) is 9.69 Å². The molecule has 0 aliphatic carbocycles. The van der Waals surface area contributed by atoms with Crippen LogP contribution in [-0.4, -0.2) is 99.1 Å². The van der Waals surface area contributed by atoms with Crippen LogP contribution in [0.5, 0.6) is 0 Å². The number of likely N-dealkylation sites (tertiary alicyclic amines) is 1. The van der Waals surface area contributed by atoms with Crippen LogP contribution < -0.4 is 5.32 Å². The fraction of sp³-hybridized carbons (Fsp3) is 0.944. The van der Waals surface area contributed by atoms with Gasteiger partial charge in [0.05, 0.1) is 18.2 Å². The predicted molar refractivity (Wildman–Crippen MR) is 103 cm³/mol. The second-order valence-electron chi connectivity index (χ2n) is 7.80. The smallest absolute Gasteiger partial charge is 0.237 e. The van der Waals surface area contributed by atoms with Crippen molar-refractivity contribution in [2.75, 3.05) is 19.8 Å². The highest BCUT2D eigenvalue weighted by Crippen LogP contribution is 2.30. The molecule has 0 bridgehead atoms. The first-order valence-electron chi connectivity index (χ1n) is 9.62. The molecule has 0 aromatic heterocycles. The molecule has 1 amide bonds. The molecule has 0 radical (unpaired) electrons. The molecule has 9 atom stereocenters. The van der Waals surface area contributed by atoms with Gasteiger partial charge in [0, 0.05) is 6.54 Å². The number of thioether (sulfide) groups is 1. The van der Waals surface area contributed by atoms with Crippen molar-refractivity contribution in [3.05, 3.63) is 0 Å². The average Bonchev–Trinajstić information content (AvgIpc) is 2.99. The van der Waals surface area contributed by atoms with E-state index in [1.165, 1.54) is 18.7 Å². The number of aliphatic hydroxyl groups excluding tert-OH is 4. The first-order valence-corrected chi connectivity index (χ1v) is 10.9. The van der Waals surface area contributed by atoms with E-state index in [0.29, 0.717) is 5.92 Å². The molecule has 0 spiro atoms. The van der Waals surface area contributed by atoms with Crippen LogP contribution in [0.1, 0.15) is 33.1 Å². The summed E-state index contributed by atoms with van der Waals surface area (Å²) in [6.07, 6.45) is -1.50. The molecule has 2 rings (SSSR count). The normalized spacial score (nSPS) is 39.9. The summed E-state index contributed by atoms with van der Waals surface area (Å²) < 4.78 is 5.72. The van der Waals surface area contributed by atoms with Crippen LogP contribution in [0.2, 0.25) is 0 Å². The molecule has 27 heavy (non-hydrogen) atoms. The number of rotatable bonds is 7. The molecule has 8 nitrogen and oxygen atoms in total. The number of hydrogen-bond acceptors (Lipinski definition) is 8. The van der Waals surface area contributed by atoms with Crippen molar-refractivity contribution in [1.82, 2.24) is 10.2 Å². The van der Waals surface area contributed by atoms with Gasteiger partial charge in [0.25, 0.3) is 0 Å². The molecule has 2 aliphatic heterocycles. The van der Waals surface area contributed by atoms with Crippen LogP contribution in [0, 0.1) is 5.92 Å². The maximum absolute atomic E-state index is 12.8. The van der Waals surface area contributed by atoms with Gasteiger partial charge in [0.2, 0.25) is 5.91 Å². The van der Waals surface area contributed by atoms with Crippen LogP contribution in [0.4, 0.5) is 0 Å². The molecule has 2 heterocycles. The van der Waals surface area contributed by atoms with Crippen molar-refractivity contribution in [3.8, 4) is 0 Å². The number of hydrogen-bond donors (Lipinski definition) is 5. The van der Waals surface area contributed by atoms with Gasteiger partial charge in [-0.15, -0.1) is 11.8 Å². The number of amides is 1. The van der Waals surface area contributed by atoms with Gasteiger partial charge in [-0.25, -0.2) is 0 Å². The number of likely N-dealkylation sites (N-methyl/N-ethyl adjacent to an activating group) is 1. The van der Waals surface area contributed by atoms with Gasteiger partial charge in [-0.1, -0.05) is 13.3 Å². The van der Waals surface area contributed by atoms with E-state index < -0.39 is 42.0 Å².